The number of hydrogen-bond donors (Lipinski definition) is 2. The molecule has 3 aromatic rings. The summed E-state index contributed by atoms with van der Waals surface area (Å²) in [6.45, 7) is 2.89. The van der Waals surface area contributed by atoms with Crippen LogP contribution in [0.1, 0.15) is 30.4 Å². The molecule has 1 saturated heterocycles. The molecule has 0 amide bonds. The topological polar surface area (TPSA) is 88.5 Å². The molecule has 1 fully saturated rings. The Balaban J connectivity index is 1.85. The summed E-state index contributed by atoms with van der Waals surface area (Å²) in [6.07, 6.45) is 4.91. The fourth-order valence-corrected chi connectivity index (χ4v) is 4.95. The molecule has 0 radical (unpaired) electrons. The van der Waals surface area contributed by atoms with Gasteiger partial charge in [0.05, 0.1) is 30.8 Å². The van der Waals surface area contributed by atoms with Crippen molar-refractivity contribution in [2.24, 2.45) is 0 Å². The number of methoxy groups -OCH3 is 1. The normalized spacial score (nSPS) is 18.5. The van der Waals surface area contributed by atoms with Crippen molar-refractivity contribution in [3.05, 3.63) is 72.3 Å². The number of nitrogens with zero attached hydrogens (tertiary/aromatic N) is 3. The molecule has 2 unspecified atom stereocenters. The molecule has 2 atom stereocenters. The third-order valence-corrected chi connectivity index (χ3v) is 6.27. The molecule has 0 spiro atoms. The largest absolute Gasteiger partial charge is 0.495 e. The standard InChI is InChI=1S/C22H25N5O3S2/c1-4-26-13-7-9-18(26)21-20(16-8-5-6-12-23-16)24-22(31)27(21)15-10-11-19(30-2)17(14-15)25-32(3,28)29/h5-14,20-21,25H,4H2,1-3H3,(H,24,31). The Bertz CT molecular complexity index is 1230. The second-order valence-electron chi connectivity index (χ2n) is 7.47. The van der Waals surface area contributed by atoms with E-state index in [-0.39, 0.29) is 12.1 Å². The van der Waals surface area contributed by atoms with Crippen LogP contribution in [0.5, 0.6) is 5.75 Å². The lowest BCUT2D eigenvalue weighted by atomic mass is 10.0. The zero-order valence-electron chi connectivity index (χ0n) is 18.0. The van der Waals surface area contributed by atoms with Crippen molar-refractivity contribution in [1.82, 2.24) is 14.9 Å². The first-order chi connectivity index (χ1) is 15.3. The van der Waals surface area contributed by atoms with Crippen LogP contribution in [0, 0.1) is 0 Å². The van der Waals surface area contributed by atoms with Crippen LogP contribution in [0.15, 0.2) is 60.9 Å². The summed E-state index contributed by atoms with van der Waals surface area (Å²) in [5.41, 5.74) is 3.03. The zero-order chi connectivity index (χ0) is 22.9. The van der Waals surface area contributed by atoms with Gasteiger partial charge < -0.3 is 19.5 Å². The first-order valence-corrected chi connectivity index (χ1v) is 12.4. The maximum atomic E-state index is 11.9. The molecule has 4 rings (SSSR count). The number of nitrogens with one attached hydrogen (secondary N) is 2. The van der Waals surface area contributed by atoms with E-state index in [2.05, 4.69) is 32.6 Å². The Kier molecular flexibility index (Phi) is 6.07. The minimum absolute atomic E-state index is 0.183. The molecular formula is C22H25N5O3S2. The van der Waals surface area contributed by atoms with Gasteiger partial charge in [-0.2, -0.15) is 0 Å². The first kappa shape index (κ1) is 22.1. The van der Waals surface area contributed by atoms with Gasteiger partial charge in [-0.05, 0) is 61.6 Å². The van der Waals surface area contributed by atoms with E-state index in [4.69, 9.17) is 17.0 Å². The molecule has 32 heavy (non-hydrogen) atoms. The van der Waals surface area contributed by atoms with Gasteiger partial charge >= 0.3 is 0 Å². The molecule has 8 nitrogen and oxygen atoms in total. The Morgan fingerprint density at radius 3 is 2.69 bits per heavy atom. The highest BCUT2D eigenvalue weighted by Crippen LogP contribution is 2.43. The number of ether oxygens (including phenoxy) is 1. The van der Waals surface area contributed by atoms with Gasteiger partial charge in [0.25, 0.3) is 0 Å². The summed E-state index contributed by atoms with van der Waals surface area (Å²) in [7, 11) is -2.00. The van der Waals surface area contributed by atoms with Crippen LogP contribution in [0.25, 0.3) is 0 Å². The molecule has 3 heterocycles. The van der Waals surface area contributed by atoms with Crippen molar-refractivity contribution in [1.29, 1.82) is 0 Å². The molecule has 168 valence electrons. The highest BCUT2D eigenvalue weighted by atomic mass is 32.2. The quantitative estimate of drug-likeness (QED) is 0.510. The molecule has 0 saturated carbocycles. The second kappa shape index (κ2) is 8.79. The molecule has 1 aromatic carbocycles. The van der Waals surface area contributed by atoms with Crippen LogP contribution in [-0.2, 0) is 16.6 Å². The van der Waals surface area contributed by atoms with E-state index in [0.717, 1.165) is 29.9 Å². The van der Waals surface area contributed by atoms with Crippen LogP contribution < -0.4 is 19.7 Å². The van der Waals surface area contributed by atoms with E-state index in [1.165, 1.54) is 7.11 Å². The molecule has 10 heteroatoms. The number of benzene rings is 1. The third kappa shape index (κ3) is 4.28. The van der Waals surface area contributed by atoms with Gasteiger partial charge in [-0.15, -0.1) is 0 Å². The average Bonchev–Trinajstić information content (AvgIpc) is 3.36. The number of aromatic nitrogens is 2. The minimum Gasteiger partial charge on any atom is -0.495 e. The number of pyridine rings is 1. The summed E-state index contributed by atoms with van der Waals surface area (Å²) in [6, 6.07) is 14.9. The SMILES string of the molecule is CCn1cccc1C1C(c2ccccn2)NC(=S)N1c1ccc(OC)c(NS(C)(=O)=O)c1. The van der Waals surface area contributed by atoms with Crippen molar-refractivity contribution in [3.8, 4) is 5.75 Å². The zero-order valence-corrected chi connectivity index (χ0v) is 19.7. The van der Waals surface area contributed by atoms with Gasteiger partial charge in [-0.1, -0.05) is 6.07 Å². The van der Waals surface area contributed by atoms with Gasteiger partial charge in [0.1, 0.15) is 11.8 Å². The monoisotopic (exact) mass is 471 g/mol. The third-order valence-electron chi connectivity index (χ3n) is 5.36. The van der Waals surface area contributed by atoms with Crippen molar-refractivity contribution in [2.45, 2.75) is 25.6 Å². The molecule has 0 bridgehead atoms. The van der Waals surface area contributed by atoms with Crippen LogP contribution in [-0.4, -0.2) is 36.4 Å². The molecule has 0 aliphatic carbocycles. The number of thiocarbonyl (C=S) groups is 1. The number of anilines is 2. The van der Waals surface area contributed by atoms with E-state index in [1.807, 2.05) is 41.4 Å². The second-order valence-corrected chi connectivity index (χ2v) is 9.61. The highest BCUT2D eigenvalue weighted by molar-refractivity contribution is 7.92. The Labute approximate surface area is 193 Å². The van der Waals surface area contributed by atoms with E-state index in [0.29, 0.717) is 16.5 Å². The summed E-state index contributed by atoms with van der Waals surface area (Å²) >= 11 is 5.75. The number of rotatable bonds is 7. The van der Waals surface area contributed by atoms with E-state index < -0.39 is 10.0 Å². The number of aryl methyl sites for hydroxylation is 1. The fourth-order valence-electron chi connectivity index (χ4n) is 4.04. The highest BCUT2D eigenvalue weighted by Gasteiger charge is 2.42. The Hall–Kier alpha value is -3.11. The summed E-state index contributed by atoms with van der Waals surface area (Å²) in [5, 5.41) is 3.95. The lowest BCUT2D eigenvalue weighted by molar-refractivity contribution is 0.417. The Morgan fingerprint density at radius 2 is 2.03 bits per heavy atom. The van der Waals surface area contributed by atoms with E-state index in [9.17, 15) is 8.42 Å². The molecule has 2 aromatic heterocycles. The summed E-state index contributed by atoms with van der Waals surface area (Å²) in [5.74, 6) is 0.423. The number of hydrogen-bond acceptors (Lipinski definition) is 5. The van der Waals surface area contributed by atoms with E-state index in [1.54, 1.807) is 18.3 Å². The van der Waals surface area contributed by atoms with Gasteiger partial charge in [0, 0.05) is 30.3 Å². The number of sulfonamides is 1. The van der Waals surface area contributed by atoms with Crippen molar-refractivity contribution in [3.63, 3.8) is 0 Å². The van der Waals surface area contributed by atoms with Crippen molar-refractivity contribution < 1.29 is 13.2 Å². The maximum Gasteiger partial charge on any atom is 0.229 e. The van der Waals surface area contributed by atoms with Crippen LogP contribution in [0.2, 0.25) is 0 Å². The summed E-state index contributed by atoms with van der Waals surface area (Å²) < 4.78 is 33.9. The predicted octanol–water partition coefficient (Wildman–Crippen LogP) is 3.46. The van der Waals surface area contributed by atoms with Crippen molar-refractivity contribution in [2.75, 3.05) is 23.0 Å². The lowest BCUT2D eigenvalue weighted by Crippen LogP contribution is -2.30. The molecule has 1 aliphatic heterocycles. The van der Waals surface area contributed by atoms with Gasteiger partial charge in [-0.25, -0.2) is 8.42 Å². The van der Waals surface area contributed by atoms with Crippen LogP contribution in [0.4, 0.5) is 11.4 Å². The van der Waals surface area contributed by atoms with Crippen molar-refractivity contribution >= 4 is 38.7 Å². The van der Waals surface area contributed by atoms with Gasteiger partial charge in [0.2, 0.25) is 10.0 Å². The van der Waals surface area contributed by atoms with E-state index >= 15 is 0 Å². The first-order valence-electron chi connectivity index (χ1n) is 10.1. The lowest BCUT2D eigenvalue weighted by Gasteiger charge is -2.29. The average molecular weight is 472 g/mol. The maximum absolute atomic E-state index is 11.9. The molecule has 2 N–H and O–H groups in total. The van der Waals surface area contributed by atoms with Crippen LogP contribution >= 0.6 is 12.2 Å². The predicted molar refractivity (Wildman–Crippen MR) is 129 cm³/mol. The Morgan fingerprint density at radius 1 is 1.22 bits per heavy atom. The van der Waals surface area contributed by atoms with Gasteiger partial charge in [0.15, 0.2) is 5.11 Å². The summed E-state index contributed by atoms with van der Waals surface area (Å²) in [4.78, 5) is 6.57. The fraction of sp³-hybridized carbons (Fsp3) is 0.273. The molecule has 1 aliphatic rings. The molecular weight excluding hydrogens is 446 g/mol. The minimum atomic E-state index is -3.50. The smallest absolute Gasteiger partial charge is 0.229 e. The van der Waals surface area contributed by atoms with Gasteiger partial charge in [-0.3, -0.25) is 9.71 Å². The van der Waals surface area contributed by atoms with Crippen LogP contribution in [0.3, 0.4) is 0 Å².